The molecule has 0 radical (unpaired) electrons. The van der Waals surface area contributed by atoms with Gasteiger partial charge >= 0.3 is 5.97 Å². The lowest BCUT2D eigenvalue weighted by Crippen LogP contribution is -2.34. The second kappa shape index (κ2) is 6.20. The molecule has 1 heterocycles. The fourth-order valence-corrected chi connectivity index (χ4v) is 4.36. The Morgan fingerprint density at radius 2 is 2.08 bits per heavy atom. The van der Waals surface area contributed by atoms with E-state index in [0.717, 1.165) is 22.9 Å². The molecule has 2 atom stereocenters. The highest BCUT2D eigenvalue weighted by Crippen LogP contribution is 2.49. The van der Waals surface area contributed by atoms with Gasteiger partial charge in [-0.05, 0) is 73.1 Å². The number of hydrogen-bond donors (Lipinski definition) is 1. The fourth-order valence-electron chi connectivity index (χ4n) is 4.36. The summed E-state index contributed by atoms with van der Waals surface area (Å²) in [6.45, 7) is 1.67. The third-order valence-corrected chi connectivity index (χ3v) is 5.81. The molecule has 26 heavy (non-hydrogen) atoms. The lowest BCUT2D eigenvalue weighted by Gasteiger charge is -2.27. The molecular formula is C22H20FNO2. The molecule has 1 aliphatic carbocycles. The van der Waals surface area contributed by atoms with Gasteiger partial charge in [0.05, 0.1) is 10.9 Å². The number of carbonyl (C=O) groups is 1. The molecule has 2 aromatic carbocycles. The number of aromatic nitrogens is 1. The summed E-state index contributed by atoms with van der Waals surface area (Å²) in [5.41, 5.74) is 2.08. The predicted molar refractivity (Wildman–Crippen MR) is 98.8 cm³/mol. The molecule has 1 aromatic heterocycles. The molecule has 1 N–H and O–H groups in total. The lowest BCUT2D eigenvalue weighted by atomic mass is 9.75. The minimum atomic E-state index is -1.03. The molecule has 3 nitrogen and oxygen atoms in total. The van der Waals surface area contributed by atoms with Gasteiger partial charge in [0.15, 0.2) is 0 Å². The summed E-state index contributed by atoms with van der Waals surface area (Å²) in [5, 5.41) is 11.1. The van der Waals surface area contributed by atoms with Crippen molar-refractivity contribution in [3.05, 3.63) is 77.2 Å². The van der Waals surface area contributed by atoms with Crippen LogP contribution in [0.25, 0.3) is 10.9 Å². The molecule has 0 aliphatic heterocycles. The van der Waals surface area contributed by atoms with E-state index < -0.39 is 11.4 Å². The smallest absolute Gasteiger partial charge is 0.314 e. The van der Waals surface area contributed by atoms with Crippen LogP contribution in [-0.2, 0) is 10.2 Å². The van der Waals surface area contributed by atoms with Crippen molar-refractivity contribution < 1.29 is 14.3 Å². The van der Waals surface area contributed by atoms with E-state index in [1.165, 1.54) is 6.07 Å². The van der Waals surface area contributed by atoms with Gasteiger partial charge in [0.25, 0.3) is 0 Å². The second-order valence-electron chi connectivity index (χ2n) is 7.19. The normalized spacial score (nSPS) is 22.6. The van der Waals surface area contributed by atoms with Crippen LogP contribution in [0, 0.1) is 12.7 Å². The van der Waals surface area contributed by atoms with Gasteiger partial charge in [0, 0.05) is 11.6 Å². The Kier molecular flexibility index (Phi) is 3.98. The van der Waals surface area contributed by atoms with E-state index in [1.807, 2.05) is 24.3 Å². The van der Waals surface area contributed by atoms with Crippen molar-refractivity contribution in [1.82, 2.24) is 4.98 Å². The molecule has 4 rings (SSSR count). The summed E-state index contributed by atoms with van der Waals surface area (Å²) < 4.78 is 14.1. The highest BCUT2D eigenvalue weighted by Gasteiger charge is 2.48. The van der Waals surface area contributed by atoms with Crippen molar-refractivity contribution in [3.8, 4) is 0 Å². The van der Waals surface area contributed by atoms with Crippen molar-refractivity contribution in [2.75, 3.05) is 0 Å². The van der Waals surface area contributed by atoms with Crippen LogP contribution in [-0.4, -0.2) is 16.1 Å². The maximum atomic E-state index is 14.1. The number of fused-ring (bicyclic) bond motifs is 1. The van der Waals surface area contributed by atoms with Gasteiger partial charge in [0.1, 0.15) is 5.82 Å². The first-order valence-electron chi connectivity index (χ1n) is 8.85. The van der Waals surface area contributed by atoms with Crippen molar-refractivity contribution in [3.63, 3.8) is 0 Å². The van der Waals surface area contributed by atoms with Gasteiger partial charge in [-0.25, -0.2) is 4.39 Å². The highest BCUT2D eigenvalue weighted by molar-refractivity contribution is 5.83. The third kappa shape index (κ3) is 2.57. The highest BCUT2D eigenvalue weighted by atomic mass is 19.1. The van der Waals surface area contributed by atoms with Crippen LogP contribution in [0.1, 0.15) is 41.9 Å². The van der Waals surface area contributed by atoms with Gasteiger partial charge in [0.2, 0.25) is 0 Å². The standard InChI is InChI=1S/C22H20FNO2/c1-14-18(5-2-6-19(14)23)22(21(25)26)10-9-17(13-22)15-7-8-20-16(12-15)4-3-11-24-20/h2-8,11-12,17H,9-10,13H2,1H3,(H,25,26)/t17?,22-/m0/s1. The molecule has 0 amide bonds. The van der Waals surface area contributed by atoms with Crippen LogP contribution in [0.4, 0.5) is 4.39 Å². The summed E-state index contributed by atoms with van der Waals surface area (Å²) in [6, 6.07) is 14.8. The van der Waals surface area contributed by atoms with E-state index in [2.05, 4.69) is 11.1 Å². The third-order valence-electron chi connectivity index (χ3n) is 5.81. The Morgan fingerprint density at radius 3 is 2.88 bits per heavy atom. The molecule has 1 saturated carbocycles. The molecule has 0 saturated heterocycles. The first kappa shape index (κ1) is 16.7. The topological polar surface area (TPSA) is 50.2 Å². The van der Waals surface area contributed by atoms with Crippen molar-refractivity contribution >= 4 is 16.9 Å². The first-order chi connectivity index (χ1) is 12.5. The number of rotatable bonds is 3. The average Bonchev–Trinajstić information content (AvgIpc) is 3.10. The van der Waals surface area contributed by atoms with E-state index in [9.17, 15) is 14.3 Å². The zero-order valence-corrected chi connectivity index (χ0v) is 14.6. The van der Waals surface area contributed by atoms with Crippen LogP contribution in [0.3, 0.4) is 0 Å². The largest absolute Gasteiger partial charge is 0.481 e. The van der Waals surface area contributed by atoms with Gasteiger partial charge in [-0.2, -0.15) is 0 Å². The van der Waals surface area contributed by atoms with Crippen LogP contribution in [0.15, 0.2) is 54.7 Å². The Balaban J connectivity index is 1.74. The van der Waals surface area contributed by atoms with Gasteiger partial charge in [-0.15, -0.1) is 0 Å². The molecule has 1 fully saturated rings. The predicted octanol–water partition coefficient (Wildman–Crippen LogP) is 4.97. The molecule has 3 aromatic rings. The number of carboxylic acids is 1. The number of hydrogen-bond acceptors (Lipinski definition) is 2. The van der Waals surface area contributed by atoms with Crippen molar-refractivity contribution in [2.45, 2.75) is 37.5 Å². The van der Waals surface area contributed by atoms with Crippen molar-refractivity contribution in [2.24, 2.45) is 0 Å². The molecular weight excluding hydrogens is 329 g/mol. The molecule has 4 heteroatoms. The maximum absolute atomic E-state index is 14.1. The number of carboxylic acid groups (broad SMARTS) is 1. The molecule has 1 unspecified atom stereocenters. The van der Waals surface area contributed by atoms with Crippen LogP contribution in [0.5, 0.6) is 0 Å². The minimum absolute atomic E-state index is 0.137. The number of nitrogens with zero attached hydrogens (tertiary/aromatic N) is 1. The Morgan fingerprint density at radius 1 is 1.23 bits per heavy atom. The van der Waals surface area contributed by atoms with Crippen molar-refractivity contribution in [1.29, 1.82) is 0 Å². The minimum Gasteiger partial charge on any atom is -0.481 e. The molecule has 0 bridgehead atoms. The van der Waals surface area contributed by atoms with Gasteiger partial charge in [-0.3, -0.25) is 9.78 Å². The van der Waals surface area contributed by atoms with Crippen LogP contribution in [0.2, 0.25) is 0 Å². The maximum Gasteiger partial charge on any atom is 0.314 e. The van der Waals surface area contributed by atoms with E-state index in [-0.39, 0.29) is 11.7 Å². The Hall–Kier alpha value is -2.75. The lowest BCUT2D eigenvalue weighted by molar-refractivity contribution is -0.143. The van der Waals surface area contributed by atoms with E-state index >= 15 is 0 Å². The number of benzene rings is 2. The molecule has 0 spiro atoms. The summed E-state index contributed by atoms with van der Waals surface area (Å²) in [6.07, 6.45) is 3.54. The SMILES string of the molecule is Cc1c(F)cccc1[C@]1(C(=O)O)CCC(c2ccc3ncccc3c2)C1. The Labute approximate surface area is 151 Å². The molecule has 132 valence electrons. The van der Waals surface area contributed by atoms with Crippen LogP contribution >= 0.6 is 0 Å². The summed E-state index contributed by atoms with van der Waals surface area (Å²) >= 11 is 0. The fraction of sp³-hybridized carbons (Fsp3) is 0.273. The van der Waals surface area contributed by atoms with E-state index in [4.69, 9.17) is 0 Å². The zero-order valence-electron chi connectivity index (χ0n) is 14.6. The van der Waals surface area contributed by atoms with E-state index in [1.54, 1.807) is 25.3 Å². The monoisotopic (exact) mass is 349 g/mol. The summed E-state index contributed by atoms with van der Waals surface area (Å²) in [5.74, 6) is -1.07. The second-order valence-corrected chi connectivity index (χ2v) is 7.19. The van der Waals surface area contributed by atoms with Gasteiger partial charge < -0.3 is 5.11 Å². The van der Waals surface area contributed by atoms with E-state index in [0.29, 0.717) is 24.0 Å². The van der Waals surface area contributed by atoms with Gasteiger partial charge in [-0.1, -0.05) is 24.3 Å². The number of aliphatic carboxylic acids is 1. The number of halogens is 1. The van der Waals surface area contributed by atoms with Crippen LogP contribution < -0.4 is 0 Å². The average molecular weight is 349 g/mol. The Bertz CT molecular complexity index is 1000. The quantitative estimate of drug-likeness (QED) is 0.726. The number of pyridine rings is 1. The summed E-state index contributed by atoms with van der Waals surface area (Å²) in [7, 11) is 0. The summed E-state index contributed by atoms with van der Waals surface area (Å²) in [4.78, 5) is 16.6. The molecule has 1 aliphatic rings. The first-order valence-corrected chi connectivity index (χ1v) is 8.85. The zero-order chi connectivity index (χ0) is 18.3.